The summed E-state index contributed by atoms with van der Waals surface area (Å²) in [4.78, 5) is 21.7. The minimum absolute atomic E-state index is 0.134. The molecule has 0 atom stereocenters. The predicted molar refractivity (Wildman–Crippen MR) is 79.6 cm³/mol. The highest BCUT2D eigenvalue weighted by atomic mass is 32.2. The van der Waals surface area contributed by atoms with E-state index in [4.69, 9.17) is 0 Å². The summed E-state index contributed by atoms with van der Waals surface area (Å²) in [5.41, 5.74) is 0.306. The fraction of sp³-hybridized carbons (Fsp3) is 0.643. The number of hydrogen-bond donors (Lipinski definition) is 0. The molecule has 0 aliphatic carbocycles. The third-order valence-corrected chi connectivity index (χ3v) is 6.20. The van der Waals surface area contributed by atoms with Gasteiger partial charge in [-0.2, -0.15) is 0 Å². The number of aromatic nitrogens is 2. The van der Waals surface area contributed by atoms with Crippen LogP contribution in [0.2, 0.25) is 0 Å². The summed E-state index contributed by atoms with van der Waals surface area (Å²) < 4.78 is 24.4. The van der Waals surface area contributed by atoms with Crippen LogP contribution in [0.4, 0.5) is 0 Å². The maximum Gasteiger partial charge on any atom is 0.274 e. The van der Waals surface area contributed by atoms with E-state index < -0.39 is 9.84 Å². The van der Waals surface area contributed by atoms with Crippen LogP contribution in [0.1, 0.15) is 37.2 Å². The van der Waals surface area contributed by atoms with E-state index in [0.29, 0.717) is 31.6 Å². The van der Waals surface area contributed by atoms with E-state index in [-0.39, 0.29) is 22.8 Å². The molecule has 7 heteroatoms. The van der Waals surface area contributed by atoms with Gasteiger partial charge in [-0.05, 0) is 18.8 Å². The number of sulfone groups is 1. The Morgan fingerprint density at radius 2 is 2.00 bits per heavy atom. The Kier molecular flexibility index (Phi) is 4.92. The normalized spacial score (nSPS) is 17.2. The summed E-state index contributed by atoms with van der Waals surface area (Å²) in [5, 5.41) is -0.328. The van der Waals surface area contributed by atoms with Crippen molar-refractivity contribution in [1.29, 1.82) is 0 Å². The van der Waals surface area contributed by atoms with Crippen molar-refractivity contribution in [3.63, 3.8) is 0 Å². The van der Waals surface area contributed by atoms with Gasteiger partial charge in [-0.25, -0.2) is 13.4 Å². The lowest BCUT2D eigenvalue weighted by Crippen LogP contribution is -2.43. The first-order chi connectivity index (χ1) is 9.90. The highest BCUT2D eigenvalue weighted by Gasteiger charge is 2.32. The van der Waals surface area contributed by atoms with Crippen molar-refractivity contribution in [2.75, 3.05) is 18.8 Å². The number of nitrogens with zero attached hydrogens (tertiary/aromatic N) is 3. The van der Waals surface area contributed by atoms with Crippen LogP contribution in [0.3, 0.4) is 0 Å². The highest BCUT2D eigenvalue weighted by molar-refractivity contribution is 7.92. The van der Waals surface area contributed by atoms with Gasteiger partial charge in [-0.1, -0.05) is 13.8 Å². The van der Waals surface area contributed by atoms with E-state index in [0.717, 1.165) is 0 Å². The van der Waals surface area contributed by atoms with Gasteiger partial charge in [-0.3, -0.25) is 9.78 Å². The number of piperidine rings is 1. The summed E-state index contributed by atoms with van der Waals surface area (Å²) in [6, 6.07) is 0. The quantitative estimate of drug-likeness (QED) is 0.833. The molecule has 0 aromatic carbocycles. The van der Waals surface area contributed by atoms with Crippen molar-refractivity contribution in [3.05, 3.63) is 24.3 Å². The molecule has 0 spiro atoms. The average Bonchev–Trinajstić information content (AvgIpc) is 2.46. The third kappa shape index (κ3) is 4.00. The van der Waals surface area contributed by atoms with Crippen LogP contribution in [0.15, 0.2) is 18.6 Å². The highest BCUT2D eigenvalue weighted by Crippen LogP contribution is 2.21. The zero-order valence-corrected chi connectivity index (χ0v) is 13.2. The van der Waals surface area contributed by atoms with Gasteiger partial charge in [0.1, 0.15) is 5.69 Å². The Bertz CT molecular complexity index is 579. The lowest BCUT2D eigenvalue weighted by Gasteiger charge is -2.31. The molecule has 2 heterocycles. The summed E-state index contributed by atoms with van der Waals surface area (Å²) >= 11 is 0. The Labute approximate surface area is 125 Å². The minimum Gasteiger partial charge on any atom is -0.337 e. The van der Waals surface area contributed by atoms with Crippen LogP contribution in [-0.4, -0.2) is 53.3 Å². The maximum absolute atomic E-state index is 12.2. The molecule has 1 fully saturated rings. The van der Waals surface area contributed by atoms with Crippen LogP contribution in [-0.2, 0) is 9.84 Å². The summed E-state index contributed by atoms with van der Waals surface area (Å²) in [7, 11) is -3.06. The molecule has 0 unspecified atom stereocenters. The molecule has 116 valence electrons. The van der Waals surface area contributed by atoms with Crippen LogP contribution in [0.25, 0.3) is 0 Å². The first-order valence-corrected chi connectivity index (χ1v) is 8.88. The van der Waals surface area contributed by atoms with Gasteiger partial charge in [0.25, 0.3) is 5.91 Å². The number of likely N-dealkylation sites (tertiary alicyclic amines) is 1. The standard InChI is InChI=1S/C14H21N3O3S/c1-11(2)10-21(19,20)12-3-7-17(8-4-12)14(18)13-9-15-5-6-16-13/h5-6,9,11-12H,3-4,7-8,10H2,1-2H3. The van der Waals surface area contributed by atoms with Gasteiger partial charge >= 0.3 is 0 Å². The van der Waals surface area contributed by atoms with Crippen LogP contribution in [0.5, 0.6) is 0 Å². The number of hydrogen-bond acceptors (Lipinski definition) is 5. The predicted octanol–water partition coefficient (Wildman–Crippen LogP) is 1.15. The summed E-state index contributed by atoms with van der Waals surface area (Å²) in [6.45, 7) is 4.73. The molecule has 6 nitrogen and oxygen atoms in total. The average molecular weight is 311 g/mol. The molecule has 0 radical (unpaired) electrons. The minimum atomic E-state index is -3.06. The van der Waals surface area contributed by atoms with Crippen molar-refractivity contribution in [2.45, 2.75) is 31.9 Å². The zero-order valence-electron chi connectivity index (χ0n) is 12.4. The largest absolute Gasteiger partial charge is 0.337 e. The van der Waals surface area contributed by atoms with E-state index >= 15 is 0 Å². The Balaban J connectivity index is 1.96. The number of carbonyl (C=O) groups is 1. The molecule has 1 aliphatic rings. The SMILES string of the molecule is CC(C)CS(=O)(=O)C1CCN(C(=O)c2cnccn2)CC1. The molecular formula is C14H21N3O3S. The first-order valence-electron chi connectivity index (χ1n) is 7.17. The van der Waals surface area contributed by atoms with E-state index in [1.807, 2.05) is 13.8 Å². The summed E-state index contributed by atoms with van der Waals surface area (Å²) in [5.74, 6) is 0.174. The Morgan fingerprint density at radius 1 is 1.33 bits per heavy atom. The van der Waals surface area contributed by atoms with E-state index in [1.54, 1.807) is 4.90 Å². The second-order valence-electron chi connectivity index (χ2n) is 5.81. The lowest BCUT2D eigenvalue weighted by atomic mass is 10.1. The molecule has 1 saturated heterocycles. The van der Waals surface area contributed by atoms with Gasteiger partial charge < -0.3 is 4.90 Å². The molecule has 0 N–H and O–H groups in total. The number of rotatable bonds is 4. The number of carbonyl (C=O) groups excluding carboxylic acids is 1. The van der Waals surface area contributed by atoms with Crippen molar-refractivity contribution in [1.82, 2.24) is 14.9 Å². The number of amides is 1. The van der Waals surface area contributed by atoms with Gasteiger partial charge in [-0.15, -0.1) is 0 Å². The van der Waals surface area contributed by atoms with Crippen LogP contribution >= 0.6 is 0 Å². The molecular weight excluding hydrogens is 290 g/mol. The monoisotopic (exact) mass is 311 g/mol. The molecule has 0 saturated carbocycles. The Hall–Kier alpha value is -1.50. The molecule has 1 aliphatic heterocycles. The molecule has 2 rings (SSSR count). The van der Waals surface area contributed by atoms with Gasteiger partial charge in [0.15, 0.2) is 9.84 Å². The smallest absolute Gasteiger partial charge is 0.274 e. The lowest BCUT2D eigenvalue weighted by molar-refractivity contribution is 0.0719. The van der Waals surface area contributed by atoms with Crippen LogP contribution < -0.4 is 0 Å². The van der Waals surface area contributed by atoms with Gasteiger partial charge in [0.05, 0.1) is 17.2 Å². The van der Waals surface area contributed by atoms with Crippen molar-refractivity contribution >= 4 is 15.7 Å². The molecule has 0 bridgehead atoms. The van der Waals surface area contributed by atoms with Gasteiger partial charge in [0, 0.05) is 25.5 Å². The molecule has 1 aromatic heterocycles. The second-order valence-corrected chi connectivity index (χ2v) is 8.13. The fourth-order valence-electron chi connectivity index (χ4n) is 2.59. The van der Waals surface area contributed by atoms with E-state index in [1.165, 1.54) is 18.6 Å². The summed E-state index contributed by atoms with van der Waals surface area (Å²) in [6.07, 6.45) is 5.43. The third-order valence-electron chi connectivity index (χ3n) is 3.58. The zero-order chi connectivity index (χ0) is 15.5. The fourth-order valence-corrected chi connectivity index (χ4v) is 4.72. The second kappa shape index (κ2) is 6.51. The van der Waals surface area contributed by atoms with Crippen molar-refractivity contribution in [3.8, 4) is 0 Å². The van der Waals surface area contributed by atoms with Crippen molar-refractivity contribution in [2.24, 2.45) is 5.92 Å². The molecule has 1 amide bonds. The first kappa shape index (κ1) is 15.9. The molecule has 1 aromatic rings. The van der Waals surface area contributed by atoms with Crippen molar-refractivity contribution < 1.29 is 13.2 Å². The van der Waals surface area contributed by atoms with Crippen LogP contribution in [0, 0.1) is 5.92 Å². The molecule has 21 heavy (non-hydrogen) atoms. The maximum atomic E-state index is 12.2. The Morgan fingerprint density at radius 3 is 2.52 bits per heavy atom. The topological polar surface area (TPSA) is 80.2 Å². The van der Waals surface area contributed by atoms with E-state index in [2.05, 4.69) is 9.97 Å². The van der Waals surface area contributed by atoms with Gasteiger partial charge in [0.2, 0.25) is 0 Å². The van der Waals surface area contributed by atoms with E-state index in [9.17, 15) is 13.2 Å².